The third-order valence-corrected chi connectivity index (χ3v) is 5.45. The molecule has 1 aliphatic carbocycles. The maximum Gasteiger partial charge on any atom is 0.228 e. The van der Waals surface area contributed by atoms with Gasteiger partial charge >= 0.3 is 0 Å². The second-order valence-corrected chi connectivity index (χ2v) is 7.63. The summed E-state index contributed by atoms with van der Waals surface area (Å²) in [6.07, 6.45) is 8.09. The third-order valence-electron chi connectivity index (χ3n) is 4.65. The summed E-state index contributed by atoms with van der Waals surface area (Å²) in [5, 5.41) is 17.5. The zero-order chi connectivity index (χ0) is 18.9. The van der Waals surface area contributed by atoms with Gasteiger partial charge in [0.1, 0.15) is 10.7 Å². The molecule has 138 valence electrons. The van der Waals surface area contributed by atoms with Crippen LogP contribution in [0.1, 0.15) is 25.0 Å². The molecular formula is C18H19N7OS. The first-order valence-corrected chi connectivity index (χ1v) is 9.39. The topological polar surface area (TPSA) is 102 Å². The fraction of sp³-hybridized carbons (Fsp3) is 0.389. The lowest BCUT2D eigenvalue weighted by atomic mass is 10.0. The number of methoxy groups -OCH3 is 1. The van der Waals surface area contributed by atoms with Crippen LogP contribution in [0.15, 0.2) is 24.7 Å². The Morgan fingerprint density at radius 2 is 2.26 bits per heavy atom. The molecule has 0 saturated heterocycles. The molecule has 8 nitrogen and oxygen atoms in total. The van der Waals surface area contributed by atoms with Crippen molar-refractivity contribution in [2.24, 2.45) is 5.41 Å². The number of hydrogen-bond acceptors (Lipinski definition) is 8. The van der Waals surface area contributed by atoms with Crippen LogP contribution in [0.3, 0.4) is 0 Å². The van der Waals surface area contributed by atoms with Crippen molar-refractivity contribution in [1.82, 2.24) is 24.1 Å². The van der Waals surface area contributed by atoms with Crippen LogP contribution in [0, 0.1) is 23.7 Å². The van der Waals surface area contributed by atoms with E-state index < -0.39 is 0 Å². The molecule has 3 aromatic heterocycles. The summed E-state index contributed by atoms with van der Waals surface area (Å²) in [4.78, 5) is 8.92. The van der Waals surface area contributed by atoms with Gasteiger partial charge in [0.05, 0.1) is 31.3 Å². The minimum atomic E-state index is 0.0878. The number of nitrogens with zero attached hydrogens (tertiary/aromatic N) is 6. The molecule has 9 heteroatoms. The van der Waals surface area contributed by atoms with Crippen LogP contribution in [0.25, 0.3) is 11.3 Å². The van der Waals surface area contributed by atoms with Gasteiger partial charge in [-0.25, -0.2) is 9.97 Å². The smallest absolute Gasteiger partial charge is 0.228 e. The molecule has 1 saturated carbocycles. The van der Waals surface area contributed by atoms with Crippen LogP contribution in [0.5, 0.6) is 5.75 Å². The van der Waals surface area contributed by atoms with Gasteiger partial charge in [-0.2, -0.15) is 14.7 Å². The molecule has 1 fully saturated rings. The number of aromatic nitrogens is 5. The van der Waals surface area contributed by atoms with Gasteiger partial charge in [-0.3, -0.25) is 4.68 Å². The van der Waals surface area contributed by atoms with Crippen LogP contribution in [0.4, 0.5) is 10.9 Å². The highest BCUT2D eigenvalue weighted by Gasteiger charge is 2.43. The summed E-state index contributed by atoms with van der Waals surface area (Å²) in [5.74, 6) is 1.06. The van der Waals surface area contributed by atoms with E-state index in [-0.39, 0.29) is 5.41 Å². The molecule has 27 heavy (non-hydrogen) atoms. The molecule has 3 aromatic rings. The van der Waals surface area contributed by atoms with Gasteiger partial charge in [0, 0.05) is 30.1 Å². The van der Waals surface area contributed by atoms with E-state index in [9.17, 15) is 0 Å². The van der Waals surface area contributed by atoms with E-state index >= 15 is 0 Å². The summed E-state index contributed by atoms with van der Waals surface area (Å²) >= 11 is 1.36. The van der Waals surface area contributed by atoms with Gasteiger partial charge in [-0.1, -0.05) is 0 Å². The number of hydrogen-bond donors (Lipinski definition) is 1. The Balaban J connectivity index is 1.58. The lowest BCUT2D eigenvalue weighted by molar-refractivity contribution is 0.404. The molecular weight excluding hydrogens is 362 g/mol. The predicted molar refractivity (Wildman–Crippen MR) is 102 cm³/mol. The average molecular weight is 381 g/mol. The van der Waals surface area contributed by atoms with Crippen LogP contribution in [-0.2, 0) is 6.54 Å². The Kier molecular flexibility index (Phi) is 4.49. The fourth-order valence-corrected chi connectivity index (χ4v) is 3.63. The largest absolute Gasteiger partial charge is 0.493 e. The molecule has 1 N–H and O–H groups in total. The zero-order valence-electron chi connectivity index (χ0n) is 15.1. The normalized spacial score (nSPS) is 14.6. The highest BCUT2D eigenvalue weighted by atomic mass is 32.1. The molecule has 0 aromatic carbocycles. The number of nitrogens with one attached hydrogen (secondary N) is 1. The van der Waals surface area contributed by atoms with Crippen molar-refractivity contribution in [2.75, 3.05) is 12.4 Å². The van der Waals surface area contributed by atoms with Gasteiger partial charge in [-0.05, 0) is 37.4 Å². The fourth-order valence-electron chi connectivity index (χ4n) is 2.97. The lowest BCUT2D eigenvalue weighted by Crippen LogP contribution is -2.11. The van der Waals surface area contributed by atoms with Crippen molar-refractivity contribution in [1.29, 1.82) is 5.26 Å². The highest BCUT2D eigenvalue weighted by molar-refractivity contribution is 7.10. The van der Waals surface area contributed by atoms with Crippen LogP contribution >= 0.6 is 11.5 Å². The molecule has 0 bridgehead atoms. The van der Waals surface area contributed by atoms with Crippen LogP contribution in [-0.4, -0.2) is 31.2 Å². The van der Waals surface area contributed by atoms with E-state index in [2.05, 4.69) is 30.8 Å². The zero-order valence-corrected chi connectivity index (χ0v) is 16.0. The van der Waals surface area contributed by atoms with Crippen molar-refractivity contribution >= 4 is 22.5 Å². The van der Waals surface area contributed by atoms with Crippen LogP contribution in [0.2, 0.25) is 0 Å². The molecule has 0 spiro atoms. The molecule has 0 aliphatic heterocycles. The Bertz CT molecular complexity index is 999. The summed E-state index contributed by atoms with van der Waals surface area (Å²) in [6.45, 7) is 2.69. The van der Waals surface area contributed by atoms with E-state index in [1.54, 1.807) is 19.5 Å². The number of ether oxygens (including phenoxy) is 1. The van der Waals surface area contributed by atoms with Gasteiger partial charge in [0.2, 0.25) is 5.95 Å². The monoisotopic (exact) mass is 381 g/mol. The predicted octanol–water partition coefficient (Wildman–Crippen LogP) is 3.55. The summed E-state index contributed by atoms with van der Waals surface area (Å²) in [6, 6.07) is 4.23. The second-order valence-electron chi connectivity index (χ2n) is 6.83. The first kappa shape index (κ1) is 17.4. The van der Waals surface area contributed by atoms with Crippen molar-refractivity contribution < 1.29 is 4.74 Å². The van der Waals surface area contributed by atoms with Gasteiger partial charge in [0.15, 0.2) is 5.75 Å². The minimum Gasteiger partial charge on any atom is -0.493 e. The van der Waals surface area contributed by atoms with Crippen molar-refractivity contribution in [3.05, 3.63) is 30.4 Å². The number of rotatable bonds is 7. The van der Waals surface area contributed by atoms with Crippen molar-refractivity contribution in [3.8, 4) is 23.1 Å². The van der Waals surface area contributed by atoms with E-state index in [1.165, 1.54) is 11.5 Å². The lowest BCUT2D eigenvalue weighted by Gasteiger charge is -2.10. The summed E-state index contributed by atoms with van der Waals surface area (Å²) in [7, 11) is 1.60. The first-order valence-electron chi connectivity index (χ1n) is 8.62. The minimum absolute atomic E-state index is 0.0878. The third kappa shape index (κ3) is 3.75. The standard InChI is InChI=1S/C18H19N7OS/c1-12-7-15(27-24-12)22-17-20-9-14(26-2)16(23-17)13-8-21-25(10-13)11-18(3-4-18)5-6-19/h7-10H,3-5,11H2,1-2H3,(H,20,22,23). The second kappa shape index (κ2) is 6.96. The SMILES string of the molecule is COc1cnc(Nc2cc(C)ns2)nc1-c1cnn(CC2(CC#N)CC2)c1. The molecule has 3 heterocycles. The Morgan fingerprint density at radius 1 is 1.41 bits per heavy atom. The van der Waals surface area contributed by atoms with E-state index in [0.29, 0.717) is 23.8 Å². The molecule has 4 rings (SSSR count). The van der Waals surface area contributed by atoms with Gasteiger partial charge < -0.3 is 10.1 Å². The summed E-state index contributed by atoms with van der Waals surface area (Å²) in [5.41, 5.74) is 2.56. The quantitative estimate of drug-likeness (QED) is 0.668. The molecule has 0 unspecified atom stereocenters. The van der Waals surface area contributed by atoms with Gasteiger partial charge in [0.25, 0.3) is 0 Å². The molecule has 0 atom stereocenters. The average Bonchev–Trinajstić information content (AvgIpc) is 3.05. The Morgan fingerprint density at radius 3 is 2.93 bits per heavy atom. The maximum absolute atomic E-state index is 9.00. The maximum atomic E-state index is 9.00. The van der Waals surface area contributed by atoms with E-state index in [4.69, 9.17) is 10.00 Å². The number of aryl methyl sites for hydroxylation is 1. The molecule has 0 radical (unpaired) electrons. The van der Waals surface area contributed by atoms with Crippen LogP contribution < -0.4 is 10.1 Å². The van der Waals surface area contributed by atoms with Crippen molar-refractivity contribution in [3.63, 3.8) is 0 Å². The van der Waals surface area contributed by atoms with Crippen molar-refractivity contribution in [2.45, 2.75) is 32.7 Å². The molecule has 0 amide bonds. The molecule has 1 aliphatic rings. The highest BCUT2D eigenvalue weighted by Crippen LogP contribution is 2.50. The Hall–Kier alpha value is -2.99. The van der Waals surface area contributed by atoms with E-state index in [1.807, 2.05) is 23.9 Å². The Labute approximate surface area is 161 Å². The summed E-state index contributed by atoms with van der Waals surface area (Å²) < 4.78 is 11.6. The number of anilines is 2. The number of nitriles is 1. The first-order chi connectivity index (χ1) is 13.1. The van der Waals surface area contributed by atoms with E-state index in [0.717, 1.165) is 35.6 Å². The van der Waals surface area contributed by atoms with Gasteiger partial charge in [-0.15, -0.1) is 0 Å².